The van der Waals surface area contributed by atoms with Gasteiger partial charge in [0.25, 0.3) is 0 Å². The molecule has 0 saturated heterocycles. The van der Waals surface area contributed by atoms with Gasteiger partial charge in [0.05, 0.1) is 13.2 Å². The number of nitrogens with zero attached hydrogens (tertiary/aromatic N) is 1. The molecular formula is C26H27N3O3. The smallest absolute Gasteiger partial charge is 0.223 e. The first kappa shape index (κ1) is 21.4. The lowest BCUT2D eigenvalue weighted by Crippen LogP contribution is -2.36. The standard InChI is InChI=1S/C26H27N3O3/c1-17(30)27-22-6-4-5-19(15-22)20-7-12-26-24(16-20)25(13-14-29(26)18(2)31)28-21-8-10-23(32-3)11-9-21/h4-12,15-16,25,28H,13-14H2,1-3H3,(H,27,30). The summed E-state index contributed by atoms with van der Waals surface area (Å²) in [5.74, 6) is 0.742. The molecule has 3 aromatic rings. The summed E-state index contributed by atoms with van der Waals surface area (Å²) in [5.41, 5.74) is 5.79. The lowest BCUT2D eigenvalue weighted by atomic mass is 9.92. The van der Waals surface area contributed by atoms with Crippen molar-refractivity contribution < 1.29 is 14.3 Å². The third-order valence-electron chi connectivity index (χ3n) is 5.66. The van der Waals surface area contributed by atoms with E-state index in [-0.39, 0.29) is 17.9 Å². The van der Waals surface area contributed by atoms with Crippen LogP contribution in [0.3, 0.4) is 0 Å². The van der Waals surface area contributed by atoms with Crippen molar-refractivity contribution >= 4 is 28.9 Å². The quantitative estimate of drug-likeness (QED) is 0.583. The van der Waals surface area contributed by atoms with Crippen molar-refractivity contribution in [1.29, 1.82) is 0 Å². The summed E-state index contributed by atoms with van der Waals surface area (Å²) < 4.78 is 5.26. The highest BCUT2D eigenvalue weighted by Crippen LogP contribution is 2.39. The lowest BCUT2D eigenvalue weighted by molar-refractivity contribution is -0.116. The van der Waals surface area contributed by atoms with E-state index in [1.807, 2.05) is 65.6 Å². The van der Waals surface area contributed by atoms with E-state index in [1.54, 1.807) is 14.0 Å². The number of ether oxygens (including phenoxy) is 1. The zero-order chi connectivity index (χ0) is 22.7. The largest absolute Gasteiger partial charge is 0.497 e. The molecule has 1 aliphatic heterocycles. The van der Waals surface area contributed by atoms with Crippen LogP contribution in [0.4, 0.5) is 17.1 Å². The van der Waals surface area contributed by atoms with Gasteiger partial charge in [-0.1, -0.05) is 18.2 Å². The molecule has 0 saturated carbocycles. The van der Waals surface area contributed by atoms with E-state index in [0.29, 0.717) is 6.54 Å². The van der Waals surface area contributed by atoms with Gasteiger partial charge in [-0.05, 0) is 71.6 Å². The number of hydrogen-bond acceptors (Lipinski definition) is 4. The Balaban J connectivity index is 1.70. The summed E-state index contributed by atoms with van der Waals surface area (Å²) >= 11 is 0. The molecule has 1 aliphatic rings. The van der Waals surface area contributed by atoms with Crippen LogP contribution in [-0.2, 0) is 9.59 Å². The first-order valence-electron chi connectivity index (χ1n) is 10.7. The predicted octanol–water partition coefficient (Wildman–Crippen LogP) is 5.23. The number of anilines is 3. The van der Waals surface area contributed by atoms with Gasteiger partial charge in [0, 0.05) is 37.5 Å². The second-order valence-electron chi connectivity index (χ2n) is 7.92. The molecule has 6 heteroatoms. The van der Waals surface area contributed by atoms with E-state index >= 15 is 0 Å². The molecule has 0 radical (unpaired) electrons. The fourth-order valence-electron chi connectivity index (χ4n) is 4.14. The normalized spacial score (nSPS) is 15.0. The third kappa shape index (κ3) is 4.59. The van der Waals surface area contributed by atoms with Crippen LogP contribution in [0.15, 0.2) is 66.7 Å². The predicted molar refractivity (Wildman–Crippen MR) is 128 cm³/mol. The summed E-state index contributed by atoms with van der Waals surface area (Å²) in [4.78, 5) is 25.5. The molecule has 1 heterocycles. The Bertz CT molecular complexity index is 1140. The molecule has 6 nitrogen and oxygen atoms in total. The van der Waals surface area contributed by atoms with Crippen LogP contribution in [0.2, 0.25) is 0 Å². The molecule has 2 amide bonds. The molecule has 0 aliphatic carbocycles. The van der Waals surface area contributed by atoms with Crippen LogP contribution in [-0.4, -0.2) is 25.5 Å². The number of fused-ring (bicyclic) bond motifs is 1. The van der Waals surface area contributed by atoms with Gasteiger partial charge < -0.3 is 20.3 Å². The summed E-state index contributed by atoms with van der Waals surface area (Å²) in [7, 11) is 1.65. The van der Waals surface area contributed by atoms with Gasteiger partial charge in [-0.2, -0.15) is 0 Å². The molecule has 0 bridgehead atoms. The van der Waals surface area contributed by atoms with Crippen LogP contribution in [0.1, 0.15) is 31.9 Å². The molecule has 164 valence electrons. The monoisotopic (exact) mass is 429 g/mol. The molecule has 32 heavy (non-hydrogen) atoms. The van der Waals surface area contributed by atoms with E-state index in [2.05, 4.69) is 16.7 Å². The topological polar surface area (TPSA) is 70.7 Å². The van der Waals surface area contributed by atoms with Crippen LogP contribution in [0.25, 0.3) is 11.1 Å². The Morgan fingerprint density at radius 1 is 0.938 bits per heavy atom. The van der Waals surface area contributed by atoms with E-state index in [0.717, 1.165) is 45.9 Å². The molecule has 1 unspecified atom stereocenters. The first-order valence-corrected chi connectivity index (χ1v) is 10.7. The summed E-state index contributed by atoms with van der Waals surface area (Å²) in [6.45, 7) is 3.76. The van der Waals surface area contributed by atoms with Crippen molar-refractivity contribution in [2.45, 2.75) is 26.3 Å². The third-order valence-corrected chi connectivity index (χ3v) is 5.66. The number of nitrogens with one attached hydrogen (secondary N) is 2. The second-order valence-corrected chi connectivity index (χ2v) is 7.92. The number of rotatable bonds is 5. The Hall–Kier alpha value is -3.80. The summed E-state index contributed by atoms with van der Waals surface area (Å²) in [6, 6.07) is 21.9. The average molecular weight is 430 g/mol. The maximum Gasteiger partial charge on any atom is 0.223 e. The molecule has 0 fully saturated rings. The fourth-order valence-corrected chi connectivity index (χ4v) is 4.14. The van der Waals surface area contributed by atoms with Crippen LogP contribution < -0.4 is 20.3 Å². The molecule has 0 aromatic heterocycles. The SMILES string of the molecule is COc1ccc(NC2CCN(C(C)=O)c3ccc(-c4cccc(NC(C)=O)c4)cc32)cc1. The number of benzene rings is 3. The van der Waals surface area contributed by atoms with Gasteiger partial charge in [0.15, 0.2) is 0 Å². The van der Waals surface area contributed by atoms with Crippen LogP contribution >= 0.6 is 0 Å². The number of carbonyl (C=O) groups is 2. The van der Waals surface area contributed by atoms with Gasteiger partial charge in [-0.15, -0.1) is 0 Å². The van der Waals surface area contributed by atoms with Gasteiger partial charge in [-0.3, -0.25) is 9.59 Å². The highest BCUT2D eigenvalue weighted by Gasteiger charge is 2.27. The molecular weight excluding hydrogens is 402 g/mol. The minimum atomic E-state index is -0.103. The van der Waals surface area contributed by atoms with E-state index in [4.69, 9.17) is 4.74 Å². The maximum absolute atomic E-state index is 12.3. The summed E-state index contributed by atoms with van der Waals surface area (Å²) in [5, 5.41) is 6.45. The van der Waals surface area contributed by atoms with Gasteiger partial charge >= 0.3 is 0 Å². The maximum atomic E-state index is 12.3. The fraction of sp³-hybridized carbons (Fsp3) is 0.231. The lowest BCUT2D eigenvalue weighted by Gasteiger charge is -2.35. The molecule has 4 rings (SSSR count). The zero-order valence-electron chi connectivity index (χ0n) is 18.5. The highest BCUT2D eigenvalue weighted by molar-refractivity contribution is 5.94. The number of carbonyl (C=O) groups excluding carboxylic acids is 2. The van der Waals surface area contributed by atoms with Crippen LogP contribution in [0.5, 0.6) is 5.75 Å². The Morgan fingerprint density at radius 3 is 2.38 bits per heavy atom. The minimum absolute atomic E-state index is 0.0366. The number of hydrogen-bond donors (Lipinski definition) is 2. The van der Waals surface area contributed by atoms with Crippen molar-refractivity contribution in [3.63, 3.8) is 0 Å². The van der Waals surface area contributed by atoms with E-state index in [1.165, 1.54) is 6.92 Å². The highest BCUT2D eigenvalue weighted by atomic mass is 16.5. The molecule has 3 aromatic carbocycles. The number of methoxy groups -OCH3 is 1. The summed E-state index contributed by atoms with van der Waals surface area (Å²) in [6.07, 6.45) is 0.800. The van der Waals surface area contributed by atoms with E-state index < -0.39 is 0 Å². The van der Waals surface area contributed by atoms with Crippen molar-refractivity contribution in [3.05, 3.63) is 72.3 Å². The van der Waals surface area contributed by atoms with E-state index in [9.17, 15) is 9.59 Å². The average Bonchev–Trinajstić information content (AvgIpc) is 2.79. The van der Waals surface area contributed by atoms with Crippen molar-refractivity contribution in [2.24, 2.45) is 0 Å². The second kappa shape index (κ2) is 9.14. The van der Waals surface area contributed by atoms with Crippen molar-refractivity contribution in [1.82, 2.24) is 0 Å². The Labute approximate surface area is 188 Å². The zero-order valence-corrected chi connectivity index (χ0v) is 18.5. The van der Waals surface area contributed by atoms with Crippen molar-refractivity contribution in [2.75, 3.05) is 29.2 Å². The van der Waals surface area contributed by atoms with Gasteiger partial charge in [0.2, 0.25) is 11.8 Å². The molecule has 2 N–H and O–H groups in total. The molecule has 1 atom stereocenters. The first-order chi connectivity index (χ1) is 15.4. The van der Waals surface area contributed by atoms with Crippen LogP contribution in [0, 0.1) is 0 Å². The molecule has 0 spiro atoms. The van der Waals surface area contributed by atoms with Gasteiger partial charge in [0.1, 0.15) is 5.75 Å². The Kier molecular flexibility index (Phi) is 6.12. The minimum Gasteiger partial charge on any atom is -0.497 e. The van der Waals surface area contributed by atoms with Crippen molar-refractivity contribution in [3.8, 4) is 16.9 Å². The number of amides is 2. The van der Waals surface area contributed by atoms with Gasteiger partial charge in [-0.25, -0.2) is 0 Å². The Morgan fingerprint density at radius 2 is 1.69 bits per heavy atom.